The molecule has 0 aromatic heterocycles. The minimum Gasteiger partial charge on any atom is -0.491 e. The van der Waals surface area contributed by atoms with Gasteiger partial charge in [0.25, 0.3) is 0 Å². The molecule has 0 saturated heterocycles. The summed E-state index contributed by atoms with van der Waals surface area (Å²) >= 11 is 2.89. The Morgan fingerprint density at radius 1 is 1.25 bits per heavy atom. The van der Waals surface area contributed by atoms with Crippen molar-refractivity contribution in [1.82, 2.24) is 0 Å². The number of ether oxygens (including phenoxy) is 2. The Morgan fingerprint density at radius 3 is 2.44 bits per heavy atom. The van der Waals surface area contributed by atoms with Gasteiger partial charge in [-0.15, -0.1) is 13.2 Å². The quantitative estimate of drug-likeness (QED) is 0.790. The fourth-order valence-electron chi connectivity index (χ4n) is 0.935. The molecule has 0 radical (unpaired) electrons. The summed E-state index contributed by atoms with van der Waals surface area (Å²) in [5.41, 5.74) is 0. The Hall–Kier alpha value is -0.980. The molecule has 0 aliphatic carbocycles. The van der Waals surface area contributed by atoms with Gasteiger partial charge in [-0.1, -0.05) is 0 Å². The molecule has 0 atom stereocenters. The van der Waals surface area contributed by atoms with E-state index in [9.17, 15) is 17.6 Å². The van der Waals surface area contributed by atoms with Gasteiger partial charge >= 0.3 is 6.36 Å². The van der Waals surface area contributed by atoms with E-state index in [0.29, 0.717) is 0 Å². The molecule has 0 aliphatic heterocycles. The molecule has 1 aromatic rings. The SMILES string of the molecule is FCCOc1ccc(OC(F)(F)F)c(Br)c1. The van der Waals surface area contributed by atoms with Gasteiger partial charge in [-0.3, -0.25) is 0 Å². The van der Waals surface area contributed by atoms with Crippen LogP contribution in [0.1, 0.15) is 0 Å². The van der Waals surface area contributed by atoms with Crippen molar-refractivity contribution in [2.45, 2.75) is 6.36 Å². The zero-order valence-corrected chi connectivity index (χ0v) is 9.44. The average molecular weight is 303 g/mol. The topological polar surface area (TPSA) is 18.5 Å². The van der Waals surface area contributed by atoms with Crippen LogP contribution < -0.4 is 9.47 Å². The summed E-state index contributed by atoms with van der Waals surface area (Å²) in [4.78, 5) is 0. The van der Waals surface area contributed by atoms with Gasteiger partial charge in [-0.05, 0) is 34.1 Å². The highest BCUT2D eigenvalue weighted by molar-refractivity contribution is 9.10. The van der Waals surface area contributed by atoms with Crippen molar-refractivity contribution in [3.8, 4) is 11.5 Å². The number of halogens is 5. The van der Waals surface area contributed by atoms with Crippen LogP contribution in [-0.4, -0.2) is 19.6 Å². The van der Waals surface area contributed by atoms with Crippen LogP contribution in [0.15, 0.2) is 22.7 Å². The monoisotopic (exact) mass is 302 g/mol. The second-order valence-corrected chi connectivity index (χ2v) is 3.53. The lowest BCUT2D eigenvalue weighted by atomic mass is 10.3. The molecule has 0 bridgehead atoms. The van der Waals surface area contributed by atoms with Crippen LogP contribution in [0.25, 0.3) is 0 Å². The van der Waals surface area contributed by atoms with Crippen LogP contribution in [-0.2, 0) is 0 Å². The van der Waals surface area contributed by atoms with E-state index in [1.165, 1.54) is 12.1 Å². The molecular weight excluding hydrogens is 296 g/mol. The summed E-state index contributed by atoms with van der Waals surface area (Å²) in [5.74, 6) is -0.112. The van der Waals surface area contributed by atoms with Gasteiger partial charge in [-0.25, -0.2) is 4.39 Å². The van der Waals surface area contributed by atoms with Crippen LogP contribution in [0.3, 0.4) is 0 Å². The number of hydrogen-bond acceptors (Lipinski definition) is 2. The van der Waals surface area contributed by atoms with Gasteiger partial charge in [0.1, 0.15) is 24.8 Å². The van der Waals surface area contributed by atoms with Crippen molar-refractivity contribution in [1.29, 1.82) is 0 Å². The van der Waals surface area contributed by atoms with E-state index < -0.39 is 13.0 Å². The van der Waals surface area contributed by atoms with E-state index in [2.05, 4.69) is 20.7 Å². The van der Waals surface area contributed by atoms with E-state index in [4.69, 9.17) is 4.74 Å². The van der Waals surface area contributed by atoms with E-state index in [-0.39, 0.29) is 22.6 Å². The maximum Gasteiger partial charge on any atom is 0.573 e. The lowest BCUT2D eigenvalue weighted by molar-refractivity contribution is -0.274. The number of rotatable bonds is 4. The minimum atomic E-state index is -4.75. The number of hydrogen-bond donors (Lipinski definition) is 0. The van der Waals surface area contributed by atoms with Crippen LogP contribution >= 0.6 is 15.9 Å². The van der Waals surface area contributed by atoms with Crippen LogP contribution in [0.4, 0.5) is 17.6 Å². The molecule has 0 amide bonds. The Balaban J connectivity index is 2.75. The van der Waals surface area contributed by atoms with Crippen molar-refractivity contribution in [3.05, 3.63) is 22.7 Å². The second kappa shape index (κ2) is 5.38. The normalized spacial score (nSPS) is 11.3. The largest absolute Gasteiger partial charge is 0.573 e. The van der Waals surface area contributed by atoms with Crippen LogP contribution in [0.5, 0.6) is 11.5 Å². The molecule has 0 aliphatic rings. The first kappa shape index (κ1) is 13.1. The third-order valence-corrected chi connectivity index (χ3v) is 2.09. The van der Waals surface area contributed by atoms with Gasteiger partial charge in [-0.2, -0.15) is 0 Å². The molecule has 0 fully saturated rings. The highest BCUT2D eigenvalue weighted by atomic mass is 79.9. The van der Waals surface area contributed by atoms with E-state index in [1.807, 2.05) is 0 Å². The Morgan fingerprint density at radius 2 is 1.94 bits per heavy atom. The molecule has 0 saturated carbocycles. The summed E-state index contributed by atoms with van der Waals surface area (Å²) < 4.78 is 56.2. The molecule has 0 N–H and O–H groups in total. The first-order valence-corrected chi connectivity index (χ1v) is 4.96. The molecule has 2 nitrogen and oxygen atoms in total. The summed E-state index contributed by atoms with van der Waals surface area (Å²) in [6.45, 7) is -0.815. The van der Waals surface area contributed by atoms with Crippen molar-refractivity contribution in [3.63, 3.8) is 0 Å². The number of alkyl halides is 4. The molecule has 0 unspecified atom stereocenters. The third-order valence-electron chi connectivity index (χ3n) is 1.47. The van der Waals surface area contributed by atoms with Crippen molar-refractivity contribution in [2.75, 3.05) is 13.3 Å². The first-order valence-electron chi connectivity index (χ1n) is 4.16. The summed E-state index contributed by atoms with van der Waals surface area (Å²) in [5, 5.41) is 0. The average Bonchev–Trinajstić information content (AvgIpc) is 2.17. The maximum atomic E-state index is 11.9. The molecule has 1 aromatic carbocycles. The Labute approximate surface area is 97.3 Å². The highest BCUT2D eigenvalue weighted by Crippen LogP contribution is 2.33. The second-order valence-electron chi connectivity index (χ2n) is 2.68. The van der Waals surface area contributed by atoms with E-state index in [1.54, 1.807) is 0 Å². The van der Waals surface area contributed by atoms with Gasteiger partial charge in [0.2, 0.25) is 0 Å². The van der Waals surface area contributed by atoms with Crippen LogP contribution in [0.2, 0.25) is 0 Å². The predicted molar refractivity (Wildman–Crippen MR) is 52.3 cm³/mol. The zero-order valence-electron chi connectivity index (χ0n) is 7.85. The number of benzene rings is 1. The van der Waals surface area contributed by atoms with Crippen molar-refractivity contribution < 1.29 is 27.0 Å². The summed E-state index contributed by atoms with van der Waals surface area (Å²) in [6, 6.07) is 3.63. The molecule has 0 heterocycles. The fourth-order valence-corrected chi connectivity index (χ4v) is 1.37. The maximum absolute atomic E-state index is 11.9. The molecule has 7 heteroatoms. The molecule has 0 spiro atoms. The fraction of sp³-hybridized carbons (Fsp3) is 0.333. The summed E-state index contributed by atoms with van der Waals surface area (Å²) in [7, 11) is 0. The lowest BCUT2D eigenvalue weighted by Gasteiger charge is -2.11. The first-order chi connectivity index (χ1) is 7.42. The van der Waals surface area contributed by atoms with E-state index in [0.717, 1.165) is 6.07 Å². The van der Waals surface area contributed by atoms with E-state index >= 15 is 0 Å². The van der Waals surface area contributed by atoms with Crippen LogP contribution in [0, 0.1) is 0 Å². The van der Waals surface area contributed by atoms with Gasteiger partial charge in [0.15, 0.2) is 0 Å². The lowest BCUT2D eigenvalue weighted by Crippen LogP contribution is -2.17. The predicted octanol–water partition coefficient (Wildman–Crippen LogP) is 3.70. The summed E-state index contributed by atoms with van der Waals surface area (Å²) in [6.07, 6.45) is -4.75. The molecule has 90 valence electrons. The Bertz CT molecular complexity index is 354. The van der Waals surface area contributed by atoms with Crippen molar-refractivity contribution >= 4 is 15.9 Å². The standard InChI is InChI=1S/C9H7BrF4O2/c10-7-5-6(15-4-3-11)1-2-8(7)16-9(12,13)14/h1-2,5H,3-4H2. The highest BCUT2D eigenvalue weighted by Gasteiger charge is 2.31. The Kier molecular flexibility index (Phi) is 4.40. The zero-order chi connectivity index (χ0) is 12.2. The molecule has 16 heavy (non-hydrogen) atoms. The van der Waals surface area contributed by atoms with Gasteiger partial charge in [0.05, 0.1) is 4.47 Å². The molecule has 1 rings (SSSR count). The van der Waals surface area contributed by atoms with Gasteiger partial charge < -0.3 is 9.47 Å². The smallest absolute Gasteiger partial charge is 0.491 e. The minimum absolute atomic E-state index is 0.0844. The van der Waals surface area contributed by atoms with Gasteiger partial charge in [0, 0.05) is 0 Å². The van der Waals surface area contributed by atoms with Crippen molar-refractivity contribution in [2.24, 2.45) is 0 Å². The molecular formula is C9H7BrF4O2. The third kappa shape index (κ3) is 4.26.